The number of aryl methyl sites for hydroxylation is 2. The Kier molecular flexibility index (Phi) is 5.34. The number of rotatable bonds is 6. The number of non-ortho nitro benzene ring substituents is 1. The van der Waals surface area contributed by atoms with E-state index in [1.54, 1.807) is 30.4 Å². The Morgan fingerprint density at radius 1 is 1.34 bits per heavy atom. The number of nitrogens with one attached hydrogen (secondary N) is 1. The van der Waals surface area contributed by atoms with Crippen molar-refractivity contribution in [2.24, 2.45) is 0 Å². The lowest BCUT2D eigenvalue weighted by atomic mass is 10.0. The predicted octanol–water partition coefficient (Wildman–Crippen LogP) is 2.79. The number of thiazole rings is 1. The topological polar surface area (TPSA) is 116 Å². The van der Waals surface area contributed by atoms with Crippen LogP contribution in [-0.4, -0.2) is 37.4 Å². The second-order valence-electron chi connectivity index (χ2n) is 6.90. The van der Waals surface area contributed by atoms with Crippen LogP contribution in [0, 0.1) is 17.0 Å². The molecule has 0 spiro atoms. The predicted molar refractivity (Wildman–Crippen MR) is 108 cm³/mol. The molecule has 10 heteroatoms. The molecule has 0 radical (unpaired) electrons. The summed E-state index contributed by atoms with van der Waals surface area (Å²) in [4.78, 5) is 29.1. The standard InChI is InChI=1S/C19H20N6O3S/c1-12-18(22-23-24(12)13-5-4-6-14(11-13)25(27)28)19(26)20-10-9-17-21-15-7-2-3-8-16(15)29-17/h4-6,11H,2-3,7-10H2,1H3,(H,20,26). The van der Waals surface area contributed by atoms with Crippen molar-refractivity contribution < 1.29 is 9.72 Å². The summed E-state index contributed by atoms with van der Waals surface area (Å²) in [7, 11) is 0. The molecule has 0 saturated heterocycles. The van der Waals surface area contributed by atoms with Crippen molar-refractivity contribution in [3.63, 3.8) is 0 Å². The van der Waals surface area contributed by atoms with Gasteiger partial charge in [0.2, 0.25) is 0 Å². The van der Waals surface area contributed by atoms with E-state index in [2.05, 4.69) is 20.6 Å². The smallest absolute Gasteiger partial charge is 0.273 e. The first-order valence-electron chi connectivity index (χ1n) is 9.45. The molecule has 1 amide bonds. The minimum absolute atomic E-state index is 0.0467. The van der Waals surface area contributed by atoms with E-state index >= 15 is 0 Å². The molecule has 2 aromatic heterocycles. The van der Waals surface area contributed by atoms with Crippen molar-refractivity contribution in [3.05, 3.63) is 61.3 Å². The van der Waals surface area contributed by atoms with Gasteiger partial charge >= 0.3 is 0 Å². The number of aromatic nitrogens is 4. The molecule has 29 heavy (non-hydrogen) atoms. The Bertz CT molecular complexity index is 1050. The van der Waals surface area contributed by atoms with Crippen LogP contribution in [-0.2, 0) is 19.3 Å². The van der Waals surface area contributed by atoms with Crippen molar-refractivity contribution >= 4 is 22.9 Å². The molecule has 1 N–H and O–H groups in total. The van der Waals surface area contributed by atoms with E-state index in [1.807, 2.05) is 0 Å². The van der Waals surface area contributed by atoms with Gasteiger partial charge in [-0.05, 0) is 38.7 Å². The Labute approximate surface area is 170 Å². The van der Waals surface area contributed by atoms with E-state index in [1.165, 1.54) is 40.2 Å². The Morgan fingerprint density at radius 2 is 2.17 bits per heavy atom. The molecule has 0 atom stereocenters. The van der Waals surface area contributed by atoms with Crippen molar-refractivity contribution in [2.45, 2.75) is 39.0 Å². The zero-order valence-corrected chi connectivity index (χ0v) is 16.7. The van der Waals surface area contributed by atoms with Gasteiger partial charge in [-0.3, -0.25) is 14.9 Å². The van der Waals surface area contributed by atoms with Gasteiger partial charge in [0.25, 0.3) is 11.6 Å². The highest BCUT2D eigenvalue weighted by Crippen LogP contribution is 2.26. The van der Waals surface area contributed by atoms with Gasteiger partial charge in [-0.2, -0.15) is 0 Å². The molecular weight excluding hydrogens is 392 g/mol. The van der Waals surface area contributed by atoms with Gasteiger partial charge in [0.05, 0.1) is 27.0 Å². The lowest BCUT2D eigenvalue weighted by Crippen LogP contribution is -2.26. The van der Waals surface area contributed by atoms with Crippen molar-refractivity contribution in [2.75, 3.05) is 6.54 Å². The van der Waals surface area contributed by atoms with Gasteiger partial charge < -0.3 is 5.32 Å². The van der Waals surface area contributed by atoms with E-state index in [-0.39, 0.29) is 17.3 Å². The van der Waals surface area contributed by atoms with Crippen LogP contribution < -0.4 is 5.32 Å². The van der Waals surface area contributed by atoms with Crippen LogP contribution in [0.3, 0.4) is 0 Å². The largest absolute Gasteiger partial charge is 0.350 e. The summed E-state index contributed by atoms with van der Waals surface area (Å²) in [5.41, 5.74) is 2.38. The fourth-order valence-corrected chi connectivity index (χ4v) is 4.56. The highest BCUT2D eigenvalue weighted by molar-refractivity contribution is 7.11. The quantitative estimate of drug-likeness (QED) is 0.492. The third-order valence-corrected chi connectivity index (χ3v) is 6.13. The fraction of sp³-hybridized carbons (Fsp3) is 0.368. The average molecular weight is 412 g/mol. The van der Waals surface area contributed by atoms with Crippen LogP contribution in [0.25, 0.3) is 5.69 Å². The molecule has 0 bridgehead atoms. The van der Waals surface area contributed by atoms with Crippen LogP contribution >= 0.6 is 11.3 Å². The van der Waals surface area contributed by atoms with E-state index in [9.17, 15) is 14.9 Å². The molecule has 3 aromatic rings. The van der Waals surface area contributed by atoms with Crippen molar-refractivity contribution in [1.29, 1.82) is 0 Å². The molecule has 0 saturated carbocycles. The second-order valence-corrected chi connectivity index (χ2v) is 8.07. The molecule has 0 aliphatic heterocycles. The summed E-state index contributed by atoms with van der Waals surface area (Å²) in [6.07, 6.45) is 5.27. The van der Waals surface area contributed by atoms with Crippen LogP contribution in [0.2, 0.25) is 0 Å². The number of carbonyl (C=O) groups excluding carboxylic acids is 1. The van der Waals surface area contributed by atoms with Gasteiger partial charge in [0.1, 0.15) is 0 Å². The van der Waals surface area contributed by atoms with Crippen LogP contribution in [0.1, 0.15) is 44.6 Å². The third-order valence-electron chi connectivity index (χ3n) is 4.91. The maximum absolute atomic E-state index is 12.5. The summed E-state index contributed by atoms with van der Waals surface area (Å²) >= 11 is 1.74. The maximum atomic E-state index is 12.5. The minimum atomic E-state index is -0.472. The lowest BCUT2D eigenvalue weighted by molar-refractivity contribution is -0.384. The molecule has 2 heterocycles. The number of benzene rings is 1. The molecule has 1 aliphatic rings. The van der Waals surface area contributed by atoms with E-state index in [0.717, 1.165) is 17.8 Å². The van der Waals surface area contributed by atoms with Gasteiger partial charge in [-0.25, -0.2) is 9.67 Å². The zero-order valence-electron chi connectivity index (χ0n) is 15.9. The molecule has 4 rings (SSSR count). The van der Waals surface area contributed by atoms with Crippen molar-refractivity contribution in [3.8, 4) is 5.69 Å². The first-order valence-corrected chi connectivity index (χ1v) is 10.3. The highest BCUT2D eigenvalue weighted by Gasteiger charge is 2.19. The number of nitrogens with zero attached hydrogens (tertiary/aromatic N) is 5. The second kappa shape index (κ2) is 8.08. The van der Waals surface area contributed by atoms with E-state index in [0.29, 0.717) is 24.3 Å². The molecule has 1 aromatic carbocycles. The van der Waals surface area contributed by atoms with Crippen LogP contribution in [0.5, 0.6) is 0 Å². The molecule has 1 aliphatic carbocycles. The first-order chi connectivity index (χ1) is 14.0. The van der Waals surface area contributed by atoms with Gasteiger partial charge in [0, 0.05) is 30.0 Å². The van der Waals surface area contributed by atoms with Gasteiger partial charge in [0.15, 0.2) is 5.69 Å². The normalized spacial score (nSPS) is 13.1. The Hall–Kier alpha value is -3.14. The van der Waals surface area contributed by atoms with E-state index in [4.69, 9.17) is 0 Å². The number of amides is 1. The molecule has 0 fully saturated rings. The number of fused-ring (bicyclic) bond motifs is 1. The van der Waals surface area contributed by atoms with Crippen LogP contribution in [0.4, 0.5) is 5.69 Å². The van der Waals surface area contributed by atoms with Crippen LogP contribution in [0.15, 0.2) is 24.3 Å². The first kappa shape index (κ1) is 19.2. The molecule has 150 valence electrons. The summed E-state index contributed by atoms with van der Waals surface area (Å²) in [6.45, 7) is 2.18. The maximum Gasteiger partial charge on any atom is 0.273 e. The summed E-state index contributed by atoms with van der Waals surface area (Å²) in [5.74, 6) is -0.319. The molecular formula is C19H20N6O3S. The minimum Gasteiger partial charge on any atom is -0.350 e. The summed E-state index contributed by atoms with van der Waals surface area (Å²) in [5, 5.41) is 22.8. The lowest BCUT2D eigenvalue weighted by Gasteiger charge is -2.06. The number of hydrogen-bond acceptors (Lipinski definition) is 7. The Balaban J connectivity index is 1.41. The Morgan fingerprint density at radius 3 is 2.97 bits per heavy atom. The molecule has 0 unspecified atom stereocenters. The number of nitro groups is 1. The monoisotopic (exact) mass is 412 g/mol. The van der Waals surface area contributed by atoms with Crippen molar-refractivity contribution in [1.82, 2.24) is 25.3 Å². The van der Waals surface area contributed by atoms with E-state index < -0.39 is 4.92 Å². The zero-order chi connectivity index (χ0) is 20.4. The van der Waals surface area contributed by atoms with Gasteiger partial charge in [-0.15, -0.1) is 16.4 Å². The third kappa shape index (κ3) is 4.02. The molecule has 9 nitrogen and oxygen atoms in total. The number of hydrogen-bond donors (Lipinski definition) is 1. The number of nitro benzene ring substituents is 1. The summed E-state index contributed by atoms with van der Waals surface area (Å²) in [6, 6.07) is 6.05. The van der Waals surface area contributed by atoms with Gasteiger partial charge in [-0.1, -0.05) is 11.3 Å². The number of carbonyl (C=O) groups is 1. The fourth-order valence-electron chi connectivity index (χ4n) is 3.40. The SMILES string of the molecule is Cc1c(C(=O)NCCc2nc3c(s2)CCCC3)nnn1-c1cccc([N+](=O)[O-])c1. The summed E-state index contributed by atoms with van der Waals surface area (Å²) < 4.78 is 1.43. The highest BCUT2D eigenvalue weighted by atomic mass is 32.1. The average Bonchev–Trinajstić information content (AvgIpc) is 3.31.